The minimum absolute atomic E-state index is 0.0194. The number of nitrogens with one attached hydrogen (secondary N) is 2. The predicted octanol–water partition coefficient (Wildman–Crippen LogP) is -0.875. The van der Waals surface area contributed by atoms with E-state index in [4.69, 9.17) is 9.47 Å². The molecule has 3 N–H and O–H groups in total. The molecule has 6 heteroatoms. The highest BCUT2D eigenvalue weighted by molar-refractivity contribution is 5.72. The first-order chi connectivity index (χ1) is 8.06. The fourth-order valence-electron chi connectivity index (χ4n) is 1.21. The lowest BCUT2D eigenvalue weighted by atomic mass is 10.3. The molecule has 2 atom stereocenters. The van der Waals surface area contributed by atoms with E-state index < -0.39 is 6.10 Å². The van der Waals surface area contributed by atoms with Crippen molar-refractivity contribution in [3.05, 3.63) is 0 Å². The first kappa shape index (κ1) is 16.3. The Morgan fingerprint density at radius 2 is 2.06 bits per heavy atom. The van der Waals surface area contributed by atoms with Gasteiger partial charge in [0.1, 0.15) is 0 Å². The van der Waals surface area contributed by atoms with Gasteiger partial charge in [0, 0.05) is 33.7 Å². The summed E-state index contributed by atoms with van der Waals surface area (Å²) in [5.74, 6) is -0.0518. The van der Waals surface area contributed by atoms with Crippen LogP contribution >= 0.6 is 0 Å². The Hall–Kier alpha value is -0.690. The molecule has 102 valence electrons. The predicted molar refractivity (Wildman–Crippen MR) is 64.9 cm³/mol. The fourth-order valence-corrected chi connectivity index (χ4v) is 1.21. The van der Waals surface area contributed by atoms with Gasteiger partial charge in [0.15, 0.2) is 0 Å². The number of carbonyl (C=O) groups is 1. The zero-order valence-corrected chi connectivity index (χ0v) is 10.9. The second kappa shape index (κ2) is 10.5. The van der Waals surface area contributed by atoms with Gasteiger partial charge in [-0.15, -0.1) is 0 Å². The Balaban J connectivity index is 3.34. The number of amides is 1. The molecule has 0 radical (unpaired) electrons. The van der Waals surface area contributed by atoms with E-state index in [1.807, 2.05) is 6.92 Å². The zero-order valence-electron chi connectivity index (χ0n) is 10.9. The SMILES string of the molecule is COCC(C)OCC(O)CNCCNC(C)=O. The molecule has 0 aliphatic carbocycles. The molecular weight excluding hydrogens is 224 g/mol. The lowest BCUT2D eigenvalue weighted by Gasteiger charge is -2.16. The highest BCUT2D eigenvalue weighted by atomic mass is 16.5. The molecule has 0 heterocycles. The highest BCUT2D eigenvalue weighted by Gasteiger charge is 2.07. The zero-order chi connectivity index (χ0) is 13.1. The summed E-state index contributed by atoms with van der Waals surface area (Å²) in [5, 5.41) is 15.2. The van der Waals surface area contributed by atoms with Gasteiger partial charge in [0.05, 0.1) is 25.4 Å². The molecule has 0 aromatic rings. The summed E-state index contributed by atoms with van der Waals surface area (Å²) < 4.78 is 10.3. The van der Waals surface area contributed by atoms with Crippen molar-refractivity contribution < 1.29 is 19.4 Å². The first-order valence-electron chi connectivity index (χ1n) is 5.80. The minimum atomic E-state index is -0.549. The summed E-state index contributed by atoms with van der Waals surface area (Å²) in [7, 11) is 1.61. The van der Waals surface area contributed by atoms with Gasteiger partial charge in [-0.25, -0.2) is 0 Å². The largest absolute Gasteiger partial charge is 0.389 e. The molecule has 0 aromatic heterocycles. The van der Waals surface area contributed by atoms with Crippen LogP contribution in [0.25, 0.3) is 0 Å². The summed E-state index contributed by atoms with van der Waals surface area (Å²) >= 11 is 0. The van der Waals surface area contributed by atoms with Crippen LogP contribution in [0.5, 0.6) is 0 Å². The Morgan fingerprint density at radius 1 is 1.35 bits per heavy atom. The van der Waals surface area contributed by atoms with Crippen molar-refractivity contribution in [2.45, 2.75) is 26.1 Å². The third-order valence-corrected chi connectivity index (χ3v) is 2.03. The Labute approximate surface area is 103 Å². The summed E-state index contributed by atoms with van der Waals surface area (Å²) in [4.78, 5) is 10.6. The summed E-state index contributed by atoms with van der Waals surface area (Å²) in [5.41, 5.74) is 0. The smallest absolute Gasteiger partial charge is 0.216 e. The van der Waals surface area contributed by atoms with Crippen LogP contribution in [0.4, 0.5) is 0 Å². The van der Waals surface area contributed by atoms with Crippen LogP contribution < -0.4 is 10.6 Å². The van der Waals surface area contributed by atoms with E-state index in [0.29, 0.717) is 26.2 Å². The van der Waals surface area contributed by atoms with Crippen molar-refractivity contribution in [3.63, 3.8) is 0 Å². The number of methoxy groups -OCH3 is 1. The quantitative estimate of drug-likeness (QED) is 0.438. The van der Waals surface area contributed by atoms with Gasteiger partial charge >= 0.3 is 0 Å². The highest BCUT2D eigenvalue weighted by Crippen LogP contribution is 1.93. The van der Waals surface area contributed by atoms with Crippen LogP contribution in [-0.2, 0) is 14.3 Å². The van der Waals surface area contributed by atoms with Crippen LogP contribution in [0, 0.1) is 0 Å². The van der Waals surface area contributed by atoms with Crippen LogP contribution in [0.15, 0.2) is 0 Å². The number of hydrogen-bond acceptors (Lipinski definition) is 5. The average Bonchev–Trinajstić information content (AvgIpc) is 2.26. The number of carbonyl (C=O) groups excluding carboxylic acids is 1. The van der Waals surface area contributed by atoms with Gasteiger partial charge in [-0.2, -0.15) is 0 Å². The van der Waals surface area contributed by atoms with Gasteiger partial charge in [-0.1, -0.05) is 0 Å². The maximum atomic E-state index is 10.6. The van der Waals surface area contributed by atoms with Crippen molar-refractivity contribution in [2.24, 2.45) is 0 Å². The molecule has 6 nitrogen and oxygen atoms in total. The molecule has 0 aromatic carbocycles. The van der Waals surface area contributed by atoms with E-state index >= 15 is 0 Å². The summed E-state index contributed by atoms with van der Waals surface area (Å²) in [6.07, 6.45) is -0.569. The van der Waals surface area contributed by atoms with Gasteiger partial charge in [0.2, 0.25) is 5.91 Å². The fraction of sp³-hybridized carbons (Fsp3) is 0.909. The van der Waals surface area contributed by atoms with E-state index in [1.165, 1.54) is 6.92 Å². The molecule has 2 unspecified atom stereocenters. The van der Waals surface area contributed by atoms with Gasteiger partial charge in [0.25, 0.3) is 0 Å². The first-order valence-corrected chi connectivity index (χ1v) is 5.80. The van der Waals surface area contributed by atoms with Gasteiger partial charge in [-0.05, 0) is 6.92 Å². The lowest BCUT2D eigenvalue weighted by Crippen LogP contribution is -2.36. The Kier molecular flexibility index (Phi) is 10.0. The Bertz CT molecular complexity index is 202. The molecule has 0 saturated carbocycles. The molecule has 0 spiro atoms. The van der Waals surface area contributed by atoms with Crippen molar-refractivity contribution >= 4 is 5.91 Å². The minimum Gasteiger partial charge on any atom is -0.389 e. The van der Waals surface area contributed by atoms with E-state index in [2.05, 4.69) is 10.6 Å². The molecule has 0 aliphatic heterocycles. The molecule has 0 aliphatic rings. The standard InChI is InChI=1S/C11H24N2O4/c1-9(7-16-3)17-8-11(15)6-12-4-5-13-10(2)14/h9,11-12,15H,4-8H2,1-3H3,(H,13,14). The number of ether oxygens (including phenoxy) is 2. The van der Waals surface area contributed by atoms with Crippen molar-refractivity contribution in [3.8, 4) is 0 Å². The topological polar surface area (TPSA) is 79.8 Å². The number of hydrogen-bond donors (Lipinski definition) is 3. The summed E-state index contributed by atoms with van der Waals surface area (Å²) in [6.45, 7) is 5.78. The molecule has 17 heavy (non-hydrogen) atoms. The number of aliphatic hydroxyl groups excluding tert-OH is 1. The van der Waals surface area contributed by atoms with E-state index in [-0.39, 0.29) is 18.6 Å². The van der Waals surface area contributed by atoms with Crippen molar-refractivity contribution in [2.75, 3.05) is 40.0 Å². The molecule has 1 amide bonds. The van der Waals surface area contributed by atoms with Crippen LogP contribution in [0.1, 0.15) is 13.8 Å². The normalized spacial score (nSPS) is 14.4. The van der Waals surface area contributed by atoms with Crippen molar-refractivity contribution in [1.82, 2.24) is 10.6 Å². The van der Waals surface area contributed by atoms with Crippen molar-refractivity contribution in [1.29, 1.82) is 0 Å². The van der Waals surface area contributed by atoms with E-state index in [1.54, 1.807) is 7.11 Å². The summed E-state index contributed by atoms with van der Waals surface area (Å²) in [6, 6.07) is 0. The second-order valence-electron chi connectivity index (χ2n) is 3.94. The number of rotatable bonds is 10. The third kappa shape index (κ3) is 11.6. The van der Waals surface area contributed by atoms with Crippen LogP contribution in [0.2, 0.25) is 0 Å². The van der Waals surface area contributed by atoms with Crippen LogP contribution in [-0.4, -0.2) is 63.2 Å². The van der Waals surface area contributed by atoms with E-state index in [9.17, 15) is 9.90 Å². The Morgan fingerprint density at radius 3 is 2.65 bits per heavy atom. The second-order valence-corrected chi connectivity index (χ2v) is 3.94. The van der Waals surface area contributed by atoms with E-state index in [0.717, 1.165) is 0 Å². The number of aliphatic hydroxyl groups is 1. The molecule has 0 fully saturated rings. The maximum Gasteiger partial charge on any atom is 0.216 e. The molecule has 0 saturated heterocycles. The molecule has 0 bridgehead atoms. The van der Waals surface area contributed by atoms with Crippen LogP contribution in [0.3, 0.4) is 0 Å². The van der Waals surface area contributed by atoms with Gasteiger partial charge < -0.3 is 25.2 Å². The maximum absolute atomic E-state index is 10.6. The average molecular weight is 248 g/mol. The molecule has 0 rings (SSSR count). The van der Waals surface area contributed by atoms with Gasteiger partial charge in [-0.3, -0.25) is 4.79 Å². The lowest BCUT2D eigenvalue weighted by molar-refractivity contribution is -0.118. The molecular formula is C11H24N2O4. The monoisotopic (exact) mass is 248 g/mol. The third-order valence-electron chi connectivity index (χ3n) is 2.03.